The average Bonchev–Trinajstić information content (AvgIpc) is 2.30. The Balaban J connectivity index is 2.44. The minimum absolute atomic E-state index is 0.0611. The molecule has 0 radical (unpaired) electrons. The van der Waals surface area contributed by atoms with E-state index in [-0.39, 0.29) is 5.84 Å². The number of rotatable bonds is 3. The normalized spacial score (nSPS) is 10.3. The van der Waals surface area contributed by atoms with E-state index in [0.717, 1.165) is 11.3 Å². The molecule has 19 heavy (non-hydrogen) atoms. The highest BCUT2D eigenvalue weighted by Gasteiger charge is 2.13. The summed E-state index contributed by atoms with van der Waals surface area (Å²) in [6, 6.07) is 8.81. The molecule has 5 heteroatoms. The number of aromatic nitrogens is 1. The monoisotopic (exact) mass is 275 g/mol. The third kappa shape index (κ3) is 3.03. The molecule has 0 fully saturated rings. The van der Waals surface area contributed by atoms with Crippen LogP contribution in [0.1, 0.15) is 16.8 Å². The van der Waals surface area contributed by atoms with Crippen LogP contribution in [0.2, 0.25) is 5.02 Å². The first-order valence-corrected chi connectivity index (χ1v) is 6.11. The number of aryl methyl sites for hydroxylation is 2. The van der Waals surface area contributed by atoms with E-state index in [1.165, 1.54) is 0 Å². The van der Waals surface area contributed by atoms with E-state index < -0.39 is 0 Å². The van der Waals surface area contributed by atoms with Crippen molar-refractivity contribution in [1.82, 2.24) is 4.98 Å². The Morgan fingerprint density at radius 3 is 2.47 bits per heavy atom. The third-order valence-electron chi connectivity index (χ3n) is 2.61. The van der Waals surface area contributed by atoms with E-state index in [1.807, 2.05) is 19.9 Å². The number of amidine groups is 1. The molecule has 0 aliphatic carbocycles. The number of halogens is 1. The van der Waals surface area contributed by atoms with Gasteiger partial charge < -0.3 is 10.5 Å². The number of nitrogens with zero attached hydrogens (tertiary/aromatic N) is 1. The zero-order chi connectivity index (χ0) is 14.0. The molecular formula is C14H14ClN3O. The van der Waals surface area contributed by atoms with Crippen LogP contribution in [0.5, 0.6) is 11.6 Å². The van der Waals surface area contributed by atoms with Gasteiger partial charge in [0.25, 0.3) is 0 Å². The first kappa shape index (κ1) is 13.4. The van der Waals surface area contributed by atoms with Crippen molar-refractivity contribution in [3.63, 3.8) is 0 Å². The number of nitrogens with two attached hydrogens (primary N) is 1. The van der Waals surface area contributed by atoms with Gasteiger partial charge in [-0.1, -0.05) is 11.6 Å². The van der Waals surface area contributed by atoms with Gasteiger partial charge in [-0.2, -0.15) is 0 Å². The molecule has 2 aromatic rings. The van der Waals surface area contributed by atoms with Crippen LogP contribution in [0.25, 0.3) is 0 Å². The fourth-order valence-electron chi connectivity index (χ4n) is 1.82. The van der Waals surface area contributed by atoms with Crippen LogP contribution >= 0.6 is 11.6 Å². The van der Waals surface area contributed by atoms with Crippen LogP contribution in [-0.2, 0) is 0 Å². The molecule has 4 nitrogen and oxygen atoms in total. The van der Waals surface area contributed by atoms with Crippen molar-refractivity contribution in [1.29, 1.82) is 5.41 Å². The van der Waals surface area contributed by atoms with Gasteiger partial charge in [0.2, 0.25) is 5.88 Å². The summed E-state index contributed by atoms with van der Waals surface area (Å²) < 4.78 is 5.70. The second kappa shape index (κ2) is 5.28. The fraction of sp³-hybridized carbons (Fsp3) is 0.143. The molecule has 0 saturated carbocycles. The first-order chi connectivity index (χ1) is 8.97. The second-order valence-electron chi connectivity index (χ2n) is 4.23. The van der Waals surface area contributed by atoms with Gasteiger partial charge in [-0.15, -0.1) is 0 Å². The predicted molar refractivity (Wildman–Crippen MR) is 76.3 cm³/mol. The molecule has 0 unspecified atom stereocenters. The van der Waals surface area contributed by atoms with Crippen molar-refractivity contribution in [2.24, 2.45) is 5.73 Å². The Morgan fingerprint density at radius 1 is 1.26 bits per heavy atom. The maximum absolute atomic E-state index is 7.62. The number of nitrogen functional groups attached to an aromatic ring is 1. The highest BCUT2D eigenvalue weighted by Crippen LogP contribution is 2.26. The topological polar surface area (TPSA) is 72.0 Å². The lowest BCUT2D eigenvalue weighted by Crippen LogP contribution is -2.15. The summed E-state index contributed by atoms with van der Waals surface area (Å²) in [5.74, 6) is 0.880. The van der Waals surface area contributed by atoms with Crippen LogP contribution < -0.4 is 10.5 Å². The number of benzene rings is 1. The summed E-state index contributed by atoms with van der Waals surface area (Å²) in [4.78, 5) is 4.30. The van der Waals surface area contributed by atoms with E-state index in [9.17, 15) is 0 Å². The smallest absolute Gasteiger partial charge is 0.230 e. The minimum Gasteiger partial charge on any atom is -0.438 e. The van der Waals surface area contributed by atoms with Gasteiger partial charge in [0.15, 0.2) is 0 Å². The van der Waals surface area contributed by atoms with Crippen LogP contribution in [-0.4, -0.2) is 10.8 Å². The van der Waals surface area contributed by atoms with Gasteiger partial charge >= 0.3 is 0 Å². The molecule has 2 rings (SSSR count). The van der Waals surface area contributed by atoms with Gasteiger partial charge in [0, 0.05) is 10.7 Å². The van der Waals surface area contributed by atoms with Crippen molar-refractivity contribution in [3.8, 4) is 11.6 Å². The highest BCUT2D eigenvalue weighted by atomic mass is 35.5. The number of nitrogens with one attached hydrogen (secondary N) is 1. The van der Waals surface area contributed by atoms with Gasteiger partial charge in [-0.05, 0) is 49.7 Å². The van der Waals surface area contributed by atoms with Crippen LogP contribution in [0.3, 0.4) is 0 Å². The molecule has 0 aliphatic heterocycles. The van der Waals surface area contributed by atoms with Gasteiger partial charge in [0.1, 0.15) is 11.6 Å². The summed E-state index contributed by atoms with van der Waals surface area (Å²) in [6.07, 6.45) is 0. The number of ether oxygens (including phenoxy) is 1. The largest absolute Gasteiger partial charge is 0.438 e. The van der Waals surface area contributed by atoms with E-state index in [4.69, 9.17) is 27.5 Å². The molecule has 98 valence electrons. The van der Waals surface area contributed by atoms with Crippen molar-refractivity contribution in [3.05, 3.63) is 52.2 Å². The van der Waals surface area contributed by atoms with E-state index in [2.05, 4.69) is 4.98 Å². The van der Waals surface area contributed by atoms with E-state index >= 15 is 0 Å². The molecular weight excluding hydrogens is 262 g/mol. The molecule has 3 N–H and O–H groups in total. The lowest BCUT2D eigenvalue weighted by molar-refractivity contribution is 0.460. The summed E-state index contributed by atoms with van der Waals surface area (Å²) in [5.41, 5.74) is 7.78. The standard InChI is InChI=1S/C14H14ClN3O/c1-8-7-9(2)18-14(12(8)13(16)17)19-11-5-3-10(15)4-6-11/h3-7H,1-2H3,(H3,16,17). The summed E-state index contributed by atoms with van der Waals surface area (Å²) in [7, 11) is 0. The first-order valence-electron chi connectivity index (χ1n) is 5.73. The summed E-state index contributed by atoms with van der Waals surface area (Å²) in [5, 5.41) is 8.26. The number of hydrogen-bond donors (Lipinski definition) is 2. The molecule has 0 spiro atoms. The van der Waals surface area contributed by atoms with Crippen molar-refractivity contribution < 1.29 is 4.74 Å². The lowest BCUT2D eigenvalue weighted by atomic mass is 10.1. The molecule has 0 bridgehead atoms. The quantitative estimate of drug-likeness (QED) is 0.666. The summed E-state index contributed by atoms with van der Waals surface area (Å²) >= 11 is 5.82. The Morgan fingerprint density at radius 2 is 1.89 bits per heavy atom. The molecule has 0 amide bonds. The SMILES string of the molecule is Cc1cc(C)c(C(=N)N)c(Oc2ccc(Cl)cc2)n1. The maximum atomic E-state index is 7.62. The molecule has 0 aliphatic rings. The van der Waals surface area contributed by atoms with Crippen LogP contribution in [0, 0.1) is 19.3 Å². The number of hydrogen-bond acceptors (Lipinski definition) is 3. The van der Waals surface area contributed by atoms with Crippen LogP contribution in [0.4, 0.5) is 0 Å². The summed E-state index contributed by atoms with van der Waals surface area (Å²) in [6.45, 7) is 3.74. The van der Waals surface area contributed by atoms with Gasteiger partial charge in [0.05, 0.1) is 5.56 Å². The zero-order valence-electron chi connectivity index (χ0n) is 10.7. The Hall–Kier alpha value is -2.07. The van der Waals surface area contributed by atoms with E-state index in [0.29, 0.717) is 22.2 Å². The van der Waals surface area contributed by atoms with E-state index in [1.54, 1.807) is 24.3 Å². The van der Waals surface area contributed by atoms with Crippen molar-refractivity contribution >= 4 is 17.4 Å². The molecule has 1 heterocycles. The molecule has 0 saturated heterocycles. The number of pyridine rings is 1. The third-order valence-corrected chi connectivity index (χ3v) is 2.86. The predicted octanol–water partition coefficient (Wildman–Crippen LogP) is 3.43. The van der Waals surface area contributed by atoms with Crippen molar-refractivity contribution in [2.45, 2.75) is 13.8 Å². The molecule has 1 aromatic heterocycles. The minimum atomic E-state index is -0.0611. The zero-order valence-corrected chi connectivity index (χ0v) is 11.5. The Labute approximate surface area is 116 Å². The maximum Gasteiger partial charge on any atom is 0.230 e. The van der Waals surface area contributed by atoms with Gasteiger partial charge in [-0.25, -0.2) is 4.98 Å². The van der Waals surface area contributed by atoms with Crippen LogP contribution in [0.15, 0.2) is 30.3 Å². The Kier molecular flexibility index (Phi) is 3.71. The lowest BCUT2D eigenvalue weighted by Gasteiger charge is -2.12. The molecule has 1 aromatic carbocycles. The second-order valence-corrected chi connectivity index (χ2v) is 4.67. The van der Waals surface area contributed by atoms with Crippen molar-refractivity contribution in [2.75, 3.05) is 0 Å². The fourth-order valence-corrected chi connectivity index (χ4v) is 1.94. The highest BCUT2D eigenvalue weighted by molar-refractivity contribution is 6.30. The molecule has 0 atom stereocenters. The van der Waals surface area contributed by atoms with Gasteiger partial charge in [-0.3, -0.25) is 5.41 Å². The average molecular weight is 276 g/mol. The Bertz CT molecular complexity index is 623.